The van der Waals surface area contributed by atoms with Gasteiger partial charge >= 0.3 is 0 Å². The molecule has 0 aliphatic rings. The molecule has 0 radical (unpaired) electrons. The maximum absolute atomic E-state index is 9.91. The third-order valence-electron chi connectivity index (χ3n) is 1.85. The molecule has 78 valence electrons. The van der Waals surface area contributed by atoms with E-state index in [-0.39, 0.29) is 0 Å². The van der Waals surface area contributed by atoms with Gasteiger partial charge in [-0.15, -0.1) is 0 Å². The molecule has 0 atom stereocenters. The minimum atomic E-state index is 0.783. The molecule has 0 bridgehead atoms. The SMILES string of the molecule is CCCCC/C=C/C/C=C/C=C/C=O. The lowest BCUT2D eigenvalue weighted by atomic mass is 10.2. The Bertz CT molecular complexity index is 199. The molecule has 0 unspecified atom stereocenters. The number of carbonyl (C=O) groups is 1. The largest absolute Gasteiger partial charge is 0.299 e. The standard InChI is InChI=1S/C13H20O/c1-2-3-4-5-6-7-8-9-10-11-12-13-14/h6-7,9-13H,2-5,8H2,1H3/b7-6+,10-9+,12-11+. The number of unbranched alkanes of at least 4 members (excludes halogenated alkanes) is 3. The molecule has 0 aromatic heterocycles. The van der Waals surface area contributed by atoms with E-state index in [4.69, 9.17) is 0 Å². The lowest BCUT2D eigenvalue weighted by molar-refractivity contribution is -0.104. The van der Waals surface area contributed by atoms with Crippen molar-refractivity contribution in [1.82, 2.24) is 0 Å². The summed E-state index contributed by atoms with van der Waals surface area (Å²) in [4.78, 5) is 9.91. The molecule has 0 saturated heterocycles. The van der Waals surface area contributed by atoms with Crippen molar-refractivity contribution in [2.75, 3.05) is 0 Å². The van der Waals surface area contributed by atoms with Crippen molar-refractivity contribution in [2.45, 2.75) is 39.0 Å². The van der Waals surface area contributed by atoms with Crippen molar-refractivity contribution in [2.24, 2.45) is 0 Å². The molecule has 0 aromatic rings. The van der Waals surface area contributed by atoms with E-state index < -0.39 is 0 Å². The summed E-state index contributed by atoms with van der Waals surface area (Å²) in [5.41, 5.74) is 0. The molecule has 0 aliphatic heterocycles. The van der Waals surface area contributed by atoms with Crippen LogP contribution in [0.1, 0.15) is 39.0 Å². The normalized spacial score (nSPS) is 12.1. The fraction of sp³-hybridized carbons (Fsp3) is 0.462. The summed E-state index contributed by atoms with van der Waals surface area (Å²) in [5.74, 6) is 0. The Hall–Kier alpha value is -1.11. The molecule has 0 N–H and O–H groups in total. The highest BCUT2D eigenvalue weighted by molar-refractivity contribution is 5.65. The van der Waals surface area contributed by atoms with Crippen LogP contribution in [0.5, 0.6) is 0 Å². The van der Waals surface area contributed by atoms with Crippen molar-refractivity contribution >= 4 is 6.29 Å². The number of carbonyl (C=O) groups excluding carboxylic acids is 1. The molecule has 0 fully saturated rings. The fourth-order valence-electron chi connectivity index (χ4n) is 1.07. The quantitative estimate of drug-likeness (QED) is 0.188. The zero-order valence-corrected chi connectivity index (χ0v) is 8.99. The number of hydrogen-bond donors (Lipinski definition) is 0. The molecule has 0 saturated carbocycles. The Balaban J connectivity index is 3.29. The van der Waals surface area contributed by atoms with Gasteiger partial charge in [0.25, 0.3) is 0 Å². The number of aldehydes is 1. The van der Waals surface area contributed by atoms with Crippen LogP contribution in [0.4, 0.5) is 0 Å². The molecule has 0 aliphatic carbocycles. The lowest BCUT2D eigenvalue weighted by Gasteiger charge is -1.90. The Labute approximate surface area is 87.2 Å². The maximum atomic E-state index is 9.91. The summed E-state index contributed by atoms with van der Waals surface area (Å²) in [6.07, 6.45) is 18.4. The molecular formula is C13H20O. The smallest absolute Gasteiger partial charge is 0.142 e. The van der Waals surface area contributed by atoms with Crippen molar-refractivity contribution in [3.05, 3.63) is 36.5 Å². The van der Waals surface area contributed by atoms with Gasteiger partial charge in [-0.3, -0.25) is 4.79 Å². The molecular weight excluding hydrogens is 172 g/mol. The molecule has 0 heterocycles. The van der Waals surface area contributed by atoms with E-state index in [1.165, 1.54) is 31.8 Å². The second-order valence-corrected chi connectivity index (χ2v) is 3.15. The molecule has 14 heavy (non-hydrogen) atoms. The van der Waals surface area contributed by atoms with E-state index in [0.717, 1.165) is 12.7 Å². The number of allylic oxidation sites excluding steroid dienone is 6. The molecule has 1 heteroatoms. The zero-order valence-electron chi connectivity index (χ0n) is 8.99. The summed E-state index contributed by atoms with van der Waals surface area (Å²) in [6.45, 7) is 2.21. The van der Waals surface area contributed by atoms with Gasteiger partial charge in [0.2, 0.25) is 0 Å². The highest BCUT2D eigenvalue weighted by atomic mass is 16.1. The van der Waals surface area contributed by atoms with E-state index in [1.807, 2.05) is 12.2 Å². The van der Waals surface area contributed by atoms with Crippen molar-refractivity contribution in [3.63, 3.8) is 0 Å². The average Bonchev–Trinajstić information content (AvgIpc) is 2.21. The van der Waals surface area contributed by atoms with Crippen LogP contribution in [0, 0.1) is 0 Å². The number of hydrogen-bond acceptors (Lipinski definition) is 1. The molecule has 0 amide bonds. The van der Waals surface area contributed by atoms with Crippen LogP contribution in [0.15, 0.2) is 36.5 Å². The Kier molecular flexibility index (Phi) is 10.9. The van der Waals surface area contributed by atoms with Crippen LogP contribution in [0.3, 0.4) is 0 Å². The maximum Gasteiger partial charge on any atom is 0.142 e. The zero-order chi connectivity index (χ0) is 10.5. The predicted octanol–water partition coefficient (Wildman–Crippen LogP) is 3.82. The van der Waals surface area contributed by atoms with Gasteiger partial charge in [0.1, 0.15) is 6.29 Å². The third kappa shape index (κ3) is 10.9. The van der Waals surface area contributed by atoms with E-state index >= 15 is 0 Å². The summed E-state index contributed by atoms with van der Waals surface area (Å²) in [5, 5.41) is 0. The highest BCUT2D eigenvalue weighted by Crippen LogP contribution is 2.00. The second kappa shape index (κ2) is 11.9. The second-order valence-electron chi connectivity index (χ2n) is 3.15. The van der Waals surface area contributed by atoms with Gasteiger partial charge in [-0.2, -0.15) is 0 Å². The van der Waals surface area contributed by atoms with Crippen LogP contribution in [0.25, 0.3) is 0 Å². The summed E-state index contributed by atoms with van der Waals surface area (Å²) in [7, 11) is 0. The van der Waals surface area contributed by atoms with Crippen molar-refractivity contribution < 1.29 is 4.79 Å². The lowest BCUT2D eigenvalue weighted by Crippen LogP contribution is -1.70. The predicted molar refractivity (Wildman–Crippen MR) is 62.2 cm³/mol. The first-order valence-corrected chi connectivity index (χ1v) is 5.33. The van der Waals surface area contributed by atoms with Gasteiger partial charge in [-0.05, 0) is 25.3 Å². The van der Waals surface area contributed by atoms with Crippen molar-refractivity contribution in [1.29, 1.82) is 0 Å². The van der Waals surface area contributed by atoms with Crippen LogP contribution >= 0.6 is 0 Å². The van der Waals surface area contributed by atoms with Crippen molar-refractivity contribution in [3.8, 4) is 0 Å². The monoisotopic (exact) mass is 192 g/mol. The van der Waals surface area contributed by atoms with Crippen LogP contribution in [0.2, 0.25) is 0 Å². The summed E-state index contributed by atoms with van der Waals surface area (Å²) >= 11 is 0. The van der Waals surface area contributed by atoms with Gasteiger partial charge < -0.3 is 0 Å². The Morgan fingerprint density at radius 2 is 1.79 bits per heavy atom. The molecule has 0 spiro atoms. The van der Waals surface area contributed by atoms with E-state index in [1.54, 1.807) is 6.08 Å². The third-order valence-corrected chi connectivity index (χ3v) is 1.85. The summed E-state index contributed by atoms with van der Waals surface area (Å²) in [6, 6.07) is 0. The molecule has 0 aromatic carbocycles. The van der Waals surface area contributed by atoms with Gasteiger partial charge in [-0.1, -0.05) is 50.1 Å². The van der Waals surface area contributed by atoms with Crippen LogP contribution < -0.4 is 0 Å². The van der Waals surface area contributed by atoms with E-state index in [2.05, 4.69) is 19.1 Å². The average molecular weight is 192 g/mol. The number of rotatable bonds is 8. The first-order chi connectivity index (χ1) is 6.91. The first kappa shape index (κ1) is 12.9. The van der Waals surface area contributed by atoms with E-state index in [0.29, 0.717) is 0 Å². The minimum Gasteiger partial charge on any atom is -0.299 e. The fourth-order valence-corrected chi connectivity index (χ4v) is 1.07. The highest BCUT2D eigenvalue weighted by Gasteiger charge is 1.80. The Morgan fingerprint density at radius 3 is 2.50 bits per heavy atom. The van der Waals surface area contributed by atoms with Gasteiger partial charge in [0, 0.05) is 0 Å². The topological polar surface area (TPSA) is 17.1 Å². The first-order valence-electron chi connectivity index (χ1n) is 5.33. The van der Waals surface area contributed by atoms with Gasteiger partial charge in [0.05, 0.1) is 0 Å². The molecule has 1 nitrogen and oxygen atoms in total. The Morgan fingerprint density at radius 1 is 0.929 bits per heavy atom. The van der Waals surface area contributed by atoms with Gasteiger partial charge in [-0.25, -0.2) is 0 Å². The summed E-state index contributed by atoms with van der Waals surface area (Å²) < 4.78 is 0. The van der Waals surface area contributed by atoms with Crippen LogP contribution in [-0.2, 0) is 4.79 Å². The van der Waals surface area contributed by atoms with Gasteiger partial charge in [0.15, 0.2) is 0 Å². The minimum absolute atomic E-state index is 0.783. The van der Waals surface area contributed by atoms with Crippen LogP contribution in [-0.4, -0.2) is 6.29 Å². The van der Waals surface area contributed by atoms with E-state index in [9.17, 15) is 4.79 Å². The molecule has 0 rings (SSSR count).